The number of aryl methyl sites for hydroxylation is 1. The van der Waals surface area contributed by atoms with E-state index >= 15 is 0 Å². The molecule has 1 aromatic carbocycles. The standard InChI is InChI=1S/C18H23NO2S/c1-5-6-11-19-17(20)15(14-9-7-13(4)8-10-14)16(18(19)21)22-12(2)3/h7-10,12H,5-6,11H2,1-4H3. The van der Waals surface area contributed by atoms with Gasteiger partial charge in [-0.15, -0.1) is 11.8 Å². The molecule has 0 aromatic heterocycles. The Morgan fingerprint density at radius 2 is 1.73 bits per heavy atom. The second-order valence-electron chi connectivity index (χ2n) is 5.85. The molecule has 0 unspecified atom stereocenters. The fraction of sp³-hybridized carbons (Fsp3) is 0.444. The number of unbranched alkanes of at least 4 members (excludes halogenated alkanes) is 1. The molecule has 4 heteroatoms. The summed E-state index contributed by atoms with van der Waals surface area (Å²) >= 11 is 1.49. The van der Waals surface area contributed by atoms with Gasteiger partial charge in [0, 0.05) is 11.8 Å². The molecule has 22 heavy (non-hydrogen) atoms. The predicted molar refractivity (Wildman–Crippen MR) is 92.5 cm³/mol. The number of rotatable bonds is 6. The van der Waals surface area contributed by atoms with Crippen LogP contribution >= 0.6 is 11.8 Å². The van der Waals surface area contributed by atoms with Gasteiger partial charge in [0.05, 0.1) is 10.5 Å². The van der Waals surface area contributed by atoms with Crippen LogP contribution in [0.1, 0.15) is 44.7 Å². The summed E-state index contributed by atoms with van der Waals surface area (Å²) in [5.41, 5.74) is 2.55. The summed E-state index contributed by atoms with van der Waals surface area (Å²) in [5, 5.41) is 0.262. The maximum Gasteiger partial charge on any atom is 0.267 e. The third kappa shape index (κ3) is 3.43. The van der Waals surface area contributed by atoms with Crippen molar-refractivity contribution in [1.29, 1.82) is 0 Å². The van der Waals surface area contributed by atoms with E-state index in [0.717, 1.165) is 24.0 Å². The molecule has 1 aromatic rings. The number of hydrogen-bond acceptors (Lipinski definition) is 3. The molecule has 0 bridgehead atoms. The Morgan fingerprint density at radius 3 is 2.27 bits per heavy atom. The molecule has 2 amide bonds. The van der Waals surface area contributed by atoms with Gasteiger partial charge in [0.25, 0.3) is 11.8 Å². The molecule has 1 heterocycles. The Labute approximate surface area is 136 Å². The fourth-order valence-electron chi connectivity index (χ4n) is 2.39. The number of carbonyl (C=O) groups excluding carboxylic acids is 2. The van der Waals surface area contributed by atoms with Crippen LogP contribution in [0.3, 0.4) is 0 Å². The Morgan fingerprint density at radius 1 is 1.09 bits per heavy atom. The van der Waals surface area contributed by atoms with E-state index in [1.165, 1.54) is 16.7 Å². The number of hydrogen-bond donors (Lipinski definition) is 0. The zero-order chi connectivity index (χ0) is 16.3. The molecule has 0 saturated carbocycles. The topological polar surface area (TPSA) is 37.4 Å². The van der Waals surface area contributed by atoms with Crippen molar-refractivity contribution in [2.75, 3.05) is 6.54 Å². The minimum Gasteiger partial charge on any atom is -0.274 e. The van der Waals surface area contributed by atoms with E-state index in [2.05, 4.69) is 6.92 Å². The van der Waals surface area contributed by atoms with Crippen LogP contribution in [0.4, 0.5) is 0 Å². The molecule has 0 fully saturated rings. The van der Waals surface area contributed by atoms with Crippen LogP contribution in [0.25, 0.3) is 5.57 Å². The summed E-state index contributed by atoms with van der Waals surface area (Å²) < 4.78 is 0. The minimum absolute atomic E-state index is 0.132. The molecular weight excluding hydrogens is 294 g/mol. The van der Waals surface area contributed by atoms with Gasteiger partial charge in [0.15, 0.2) is 0 Å². The molecule has 0 radical (unpaired) electrons. The van der Waals surface area contributed by atoms with Crippen LogP contribution in [0, 0.1) is 6.92 Å². The first-order valence-electron chi connectivity index (χ1n) is 7.79. The number of amides is 2. The van der Waals surface area contributed by atoms with E-state index in [0.29, 0.717) is 17.0 Å². The van der Waals surface area contributed by atoms with E-state index < -0.39 is 0 Å². The van der Waals surface area contributed by atoms with E-state index in [-0.39, 0.29) is 17.1 Å². The largest absolute Gasteiger partial charge is 0.274 e. The second kappa shape index (κ2) is 7.14. The summed E-state index contributed by atoms with van der Waals surface area (Å²) in [6.07, 6.45) is 1.81. The average Bonchev–Trinajstić information content (AvgIpc) is 2.69. The highest BCUT2D eigenvalue weighted by Crippen LogP contribution is 2.37. The van der Waals surface area contributed by atoms with Crippen molar-refractivity contribution in [2.45, 2.75) is 45.8 Å². The normalized spacial score (nSPS) is 15.4. The maximum absolute atomic E-state index is 12.7. The van der Waals surface area contributed by atoms with Gasteiger partial charge < -0.3 is 0 Å². The van der Waals surface area contributed by atoms with Crippen molar-refractivity contribution < 1.29 is 9.59 Å². The quantitative estimate of drug-likeness (QED) is 0.744. The van der Waals surface area contributed by atoms with Crippen molar-refractivity contribution in [3.8, 4) is 0 Å². The highest BCUT2D eigenvalue weighted by Gasteiger charge is 2.38. The Hall–Kier alpha value is -1.55. The Balaban J connectivity index is 2.42. The van der Waals surface area contributed by atoms with Crippen molar-refractivity contribution in [3.63, 3.8) is 0 Å². The summed E-state index contributed by atoms with van der Waals surface area (Å²) in [6, 6.07) is 7.82. The van der Waals surface area contributed by atoms with Crippen molar-refractivity contribution >= 4 is 29.1 Å². The zero-order valence-corrected chi connectivity index (χ0v) is 14.5. The first-order chi connectivity index (χ1) is 10.5. The lowest BCUT2D eigenvalue weighted by molar-refractivity contribution is -0.136. The molecule has 1 aliphatic rings. The molecule has 3 nitrogen and oxygen atoms in total. The zero-order valence-electron chi connectivity index (χ0n) is 13.7. The highest BCUT2D eigenvalue weighted by molar-refractivity contribution is 8.04. The van der Waals surface area contributed by atoms with Gasteiger partial charge in [-0.1, -0.05) is 57.0 Å². The van der Waals surface area contributed by atoms with Crippen LogP contribution in [0.5, 0.6) is 0 Å². The lowest BCUT2D eigenvalue weighted by atomic mass is 10.0. The third-order valence-electron chi connectivity index (χ3n) is 3.55. The number of nitrogens with zero attached hydrogens (tertiary/aromatic N) is 1. The summed E-state index contributed by atoms with van der Waals surface area (Å²) in [7, 11) is 0. The van der Waals surface area contributed by atoms with Gasteiger partial charge in [0.1, 0.15) is 0 Å². The molecule has 1 aliphatic heterocycles. The molecule has 0 aliphatic carbocycles. The van der Waals surface area contributed by atoms with Crippen LogP contribution < -0.4 is 0 Å². The van der Waals surface area contributed by atoms with E-state index in [9.17, 15) is 9.59 Å². The average molecular weight is 317 g/mol. The van der Waals surface area contributed by atoms with Gasteiger partial charge >= 0.3 is 0 Å². The van der Waals surface area contributed by atoms with Gasteiger partial charge in [-0.25, -0.2) is 0 Å². The number of carbonyl (C=O) groups is 2. The van der Waals surface area contributed by atoms with Gasteiger partial charge in [-0.2, -0.15) is 0 Å². The molecule has 0 saturated heterocycles. The molecule has 118 valence electrons. The van der Waals surface area contributed by atoms with Crippen LogP contribution in [0.15, 0.2) is 29.2 Å². The van der Waals surface area contributed by atoms with Crippen LogP contribution in [0.2, 0.25) is 0 Å². The van der Waals surface area contributed by atoms with Gasteiger partial charge in [-0.3, -0.25) is 14.5 Å². The highest BCUT2D eigenvalue weighted by atomic mass is 32.2. The smallest absolute Gasteiger partial charge is 0.267 e. The molecular formula is C18H23NO2S. The van der Waals surface area contributed by atoms with Crippen LogP contribution in [-0.2, 0) is 9.59 Å². The SMILES string of the molecule is CCCCN1C(=O)C(SC(C)C)=C(c2ccc(C)cc2)C1=O. The first kappa shape index (κ1) is 16.8. The molecule has 0 N–H and O–H groups in total. The second-order valence-corrected chi connectivity index (χ2v) is 7.44. The number of benzene rings is 1. The lowest BCUT2D eigenvalue weighted by Gasteiger charge is -2.14. The van der Waals surface area contributed by atoms with Crippen LogP contribution in [-0.4, -0.2) is 28.5 Å². The van der Waals surface area contributed by atoms with Gasteiger partial charge in [-0.05, 0) is 18.9 Å². The summed E-state index contributed by atoms with van der Waals surface area (Å²) in [5.74, 6) is -0.279. The number of imide groups is 1. The Bertz CT molecular complexity index is 602. The minimum atomic E-state index is -0.148. The number of thioether (sulfide) groups is 1. The first-order valence-corrected chi connectivity index (χ1v) is 8.67. The van der Waals surface area contributed by atoms with Crippen molar-refractivity contribution in [2.24, 2.45) is 0 Å². The Kier molecular flexibility index (Phi) is 5.46. The van der Waals surface area contributed by atoms with E-state index in [4.69, 9.17) is 0 Å². The lowest BCUT2D eigenvalue weighted by Crippen LogP contribution is -2.32. The van der Waals surface area contributed by atoms with E-state index in [1.54, 1.807) is 0 Å². The molecule has 0 atom stereocenters. The maximum atomic E-state index is 12.7. The summed E-state index contributed by atoms with van der Waals surface area (Å²) in [4.78, 5) is 27.4. The van der Waals surface area contributed by atoms with E-state index in [1.807, 2.05) is 45.0 Å². The molecule has 0 spiro atoms. The molecule has 2 rings (SSSR count). The summed E-state index contributed by atoms with van der Waals surface area (Å²) in [6.45, 7) is 8.65. The fourth-order valence-corrected chi connectivity index (χ4v) is 3.40. The monoisotopic (exact) mass is 317 g/mol. The van der Waals surface area contributed by atoms with Crippen molar-refractivity contribution in [3.05, 3.63) is 40.3 Å². The predicted octanol–water partition coefficient (Wildman–Crippen LogP) is 4.02. The van der Waals surface area contributed by atoms with Gasteiger partial charge in [0.2, 0.25) is 0 Å². The third-order valence-corrected chi connectivity index (χ3v) is 4.64. The van der Waals surface area contributed by atoms with Crippen molar-refractivity contribution in [1.82, 2.24) is 4.90 Å².